The Morgan fingerprint density at radius 1 is 1.43 bits per heavy atom. The smallest absolute Gasteiger partial charge is 0.311 e. The third kappa shape index (κ3) is 4.02. The summed E-state index contributed by atoms with van der Waals surface area (Å²) >= 11 is 1.12. The molecule has 112 valence electrons. The maximum atomic E-state index is 12.2. The number of benzene rings is 1. The van der Waals surface area contributed by atoms with Crippen molar-refractivity contribution >= 4 is 32.5 Å². The second-order valence-electron chi connectivity index (χ2n) is 4.32. The number of methoxy groups -OCH3 is 1. The summed E-state index contributed by atoms with van der Waals surface area (Å²) in [6.07, 6.45) is 0.0131. The molecule has 0 atom stereocenters. The molecule has 8 heteroatoms. The number of hydrogen-bond donors (Lipinski definition) is 1. The first kappa shape index (κ1) is 15.5. The normalized spacial score (nSPS) is 11.1. The van der Waals surface area contributed by atoms with E-state index in [2.05, 4.69) is 14.4 Å². The molecule has 0 aliphatic rings. The van der Waals surface area contributed by atoms with Crippen LogP contribution in [-0.2, 0) is 26.0 Å². The zero-order valence-electron chi connectivity index (χ0n) is 11.5. The van der Waals surface area contributed by atoms with Gasteiger partial charge in [0, 0.05) is 5.38 Å². The molecular weight excluding hydrogens is 312 g/mol. The van der Waals surface area contributed by atoms with Gasteiger partial charge >= 0.3 is 5.97 Å². The molecule has 0 unspecified atom stereocenters. The lowest BCUT2D eigenvalue weighted by atomic mass is 10.2. The molecule has 0 saturated carbocycles. The van der Waals surface area contributed by atoms with Gasteiger partial charge in [0.25, 0.3) is 10.0 Å². The quantitative estimate of drug-likeness (QED) is 0.849. The molecule has 6 nitrogen and oxygen atoms in total. The van der Waals surface area contributed by atoms with Crippen LogP contribution in [0, 0.1) is 6.92 Å². The van der Waals surface area contributed by atoms with E-state index >= 15 is 0 Å². The van der Waals surface area contributed by atoms with Gasteiger partial charge in [0.1, 0.15) is 0 Å². The minimum absolute atomic E-state index is 0.0131. The predicted molar refractivity (Wildman–Crippen MR) is 79.8 cm³/mol. The zero-order chi connectivity index (χ0) is 15.5. The average molecular weight is 326 g/mol. The molecule has 0 radical (unpaired) electrons. The number of thiazole rings is 1. The second kappa shape index (κ2) is 6.23. The van der Waals surface area contributed by atoms with E-state index in [0.29, 0.717) is 5.69 Å². The first-order chi connectivity index (χ1) is 9.90. The standard InChI is InChI=1S/C13H14N2O4S2/c1-9-4-3-5-11(6-9)21(17,18)15-13-14-10(8-20-13)7-12(16)19-2/h3-6,8H,7H2,1-2H3,(H,14,15). The topological polar surface area (TPSA) is 85.4 Å². The number of aromatic nitrogens is 1. The van der Waals surface area contributed by atoms with Gasteiger partial charge in [-0.2, -0.15) is 0 Å². The van der Waals surface area contributed by atoms with Crippen molar-refractivity contribution in [1.29, 1.82) is 0 Å². The molecule has 0 aliphatic heterocycles. The Hall–Kier alpha value is -1.93. The van der Waals surface area contributed by atoms with Crippen molar-refractivity contribution in [2.45, 2.75) is 18.2 Å². The van der Waals surface area contributed by atoms with Crippen molar-refractivity contribution < 1.29 is 17.9 Å². The number of aryl methyl sites for hydroxylation is 1. The summed E-state index contributed by atoms with van der Waals surface area (Å²) in [7, 11) is -2.39. The minimum atomic E-state index is -3.67. The van der Waals surface area contributed by atoms with Gasteiger partial charge in [-0.25, -0.2) is 13.4 Å². The van der Waals surface area contributed by atoms with Gasteiger partial charge in [-0.3, -0.25) is 9.52 Å². The number of rotatable bonds is 5. The summed E-state index contributed by atoms with van der Waals surface area (Å²) < 4.78 is 31.3. The van der Waals surface area contributed by atoms with E-state index in [4.69, 9.17) is 0 Å². The van der Waals surface area contributed by atoms with E-state index in [9.17, 15) is 13.2 Å². The van der Waals surface area contributed by atoms with Crippen LogP contribution in [0.1, 0.15) is 11.3 Å². The van der Waals surface area contributed by atoms with Gasteiger partial charge in [0.2, 0.25) is 0 Å². The van der Waals surface area contributed by atoms with Crippen molar-refractivity contribution in [1.82, 2.24) is 4.98 Å². The van der Waals surface area contributed by atoms with Gasteiger partial charge < -0.3 is 4.74 Å². The fraction of sp³-hybridized carbons (Fsp3) is 0.231. The molecule has 2 aromatic rings. The Labute approximate surface area is 126 Å². The highest BCUT2D eigenvalue weighted by atomic mass is 32.2. The fourth-order valence-electron chi connectivity index (χ4n) is 1.61. The van der Waals surface area contributed by atoms with Crippen LogP contribution in [0.4, 0.5) is 5.13 Å². The van der Waals surface area contributed by atoms with E-state index in [1.54, 1.807) is 17.5 Å². The van der Waals surface area contributed by atoms with Crippen molar-refractivity contribution in [3.63, 3.8) is 0 Å². The Morgan fingerprint density at radius 3 is 2.86 bits per heavy atom. The molecule has 2 rings (SSSR count). The molecular formula is C13H14N2O4S2. The third-order valence-electron chi connectivity index (χ3n) is 2.63. The lowest BCUT2D eigenvalue weighted by Crippen LogP contribution is -2.13. The van der Waals surface area contributed by atoms with Crippen molar-refractivity contribution in [2.75, 3.05) is 11.8 Å². The van der Waals surface area contributed by atoms with Crippen molar-refractivity contribution in [2.24, 2.45) is 0 Å². The molecule has 1 N–H and O–H groups in total. The monoisotopic (exact) mass is 326 g/mol. The number of carbonyl (C=O) groups is 1. The summed E-state index contributed by atoms with van der Waals surface area (Å²) in [5.41, 5.74) is 1.32. The molecule has 0 spiro atoms. The van der Waals surface area contributed by atoms with Crippen LogP contribution < -0.4 is 4.72 Å². The van der Waals surface area contributed by atoms with Crippen LogP contribution in [0.2, 0.25) is 0 Å². The summed E-state index contributed by atoms with van der Waals surface area (Å²) in [6.45, 7) is 1.82. The lowest BCUT2D eigenvalue weighted by Gasteiger charge is -2.05. The van der Waals surface area contributed by atoms with Crippen LogP contribution in [0.25, 0.3) is 0 Å². The number of carbonyl (C=O) groups excluding carboxylic acids is 1. The first-order valence-electron chi connectivity index (χ1n) is 6.01. The third-order valence-corrected chi connectivity index (χ3v) is 4.90. The van der Waals surface area contributed by atoms with Crippen LogP contribution in [0.15, 0.2) is 34.5 Å². The van der Waals surface area contributed by atoms with Gasteiger partial charge in [0.05, 0.1) is 24.1 Å². The van der Waals surface area contributed by atoms with E-state index in [1.807, 2.05) is 13.0 Å². The SMILES string of the molecule is COC(=O)Cc1csc(NS(=O)(=O)c2cccc(C)c2)n1. The molecule has 0 fully saturated rings. The number of ether oxygens (including phenoxy) is 1. The Balaban J connectivity index is 2.16. The number of nitrogens with one attached hydrogen (secondary N) is 1. The van der Waals surface area contributed by atoms with Gasteiger partial charge in [0.15, 0.2) is 5.13 Å². The van der Waals surface area contributed by atoms with Crippen molar-refractivity contribution in [3.8, 4) is 0 Å². The molecule has 1 aromatic heterocycles. The Kier molecular flexibility index (Phi) is 4.59. The first-order valence-corrected chi connectivity index (χ1v) is 8.38. The predicted octanol–water partition coefficient (Wildman–Crippen LogP) is 1.97. The van der Waals surface area contributed by atoms with Crippen LogP contribution >= 0.6 is 11.3 Å². The van der Waals surface area contributed by atoms with E-state index < -0.39 is 16.0 Å². The molecule has 1 aromatic carbocycles. The highest BCUT2D eigenvalue weighted by Crippen LogP contribution is 2.21. The van der Waals surface area contributed by atoms with Crippen LogP contribution in [-0.4, -0.2) is 26.5 Å². The number of sulfonamides is 1. The lowest BCUT2D eigenvalue weighted by molar-refractivity contribution is -0.139. The summed E-state index contributed by atoms with van der Waals surface area (Å²) in [5.74, 6) is -0.423. The van der Waals surface area contributed by atoms with Gasteiger partial charge in [-0.1, -0.05) is 12.1 Å². The zero-order valence-corrected chi connectivity index (χ0v) is 13.1. The fourth-order valence-corrected chi connectivity index (χ4v) is 3.68. The molecule has 0 saturated heterocycles. The summed E-state index contributed by atoms with van der Waals surface area (Å²) in [6, 6.07) is 6.58. The highest BCUT2D eigenvalue weighted by molar-refractivity contribution is 7.93. The molecule has 0 aliphatic carbocycles. The van der Waals surface area contributed by atoms with Crippen LogP contribution in [0.5, 0.6) is 0 Å². The number of hydrogen-bond acceptors (Lipinski definition) is 6. The van der Waals surface area contributed by atoms with Gasteiger partial charge in [-0.05, 0) is 24.6 Å². The molecule has 0 bridgehead atoms. The molecule has 1 heterocycles. The molecule has 0 amide bonds. The Bertz CT molecular complexity index is 753. The number of anilines is 1. The minimum Gasteiger partial charge on any atom is -0.469 e. The average Bonchev–Trinajstić information content (AvgIpc) is 2.85. The molecule has 21 heavy (non-hydrogen) atoms. The number of nitrogens with zero attached hydrogens (tertiary/aromatic N) is 1. The van der Waals surface area contributed by atoms with Gasteiger partial charge in [-0.15, -0.1) is 11.3 Å². The maximum absolute atomic E-state index is 12.2. The van der Waals surface area contributed by atoms with Crippen molar-refractivity contribution in [3.05, 3.63) is 40.9 Å². The number of esters is 1. The maximum Gasteiger partial charge on any atom is 0.311 e. The van der Waals surface area contributed by atoms with E-state index in [0.717, 1.165) is 16.9 Å². The van der Waals surface area contributed by atoms with E-state index in [-0.39, 0.29) is 16.4 Å². The summed E-state index contributed by atoms with van der Waals surface area (Å²) in [5, 5.41) is 1.83. The highest BCUT2D eigenvalue weighted by Gasteiger charge is 2.16. The second-order valence-corrected chi connectivity index (χ2v) is 6.86. The Morgan fingerprint density at radius 2 is 2.19 bits per heavy atom. The van der Waals surface area contributed by atoms with Crippen LogP contribution in [0.3, 0.4) is 0 Å². The largest absolute Gasteiger partial charge is 0.469 e. The summed E-state index contributed by atoms with van der Waals surface area (Å²) in [4.78, 5) is 15.4. The van der Waals surface area contributed by atoms with E-state index in [1.165, 1.54) is 13.2 Å².